The molecule has 3 rings (SSSR count). The SMILES string of the molecule is NC(=O)c1ccc(-c2ccc3c(c2)CCCN3)cc1. The molecule has 0 saturated carbocycles. The maximum Gasteiger partial charge on any atom is 0.248 e. The lowest BCUT2D eigenvalue weighted by Crippen LogP contribution is -2.11. The van der Waals surface area contributed by atoms with Gasteiger partial charge in [0.1, 0.15) is 0 Å². The normalized spacial score (nSPS) is 13.5. The Labute approximate surface area is 112 Å². The Morgan fingerprint density at radius 1 is 1.05 bits per heavy atom. The lowest BCUT2D eigenvalue weighted by Gasteiger charge is -2.18. The Morgan fingerprint density at radius 2 is 1.79 bits per heavy atom. The summed E-state index contributed by atoms with van der Waals surface area (Å²) in [4.78, 5) is 11.1. The topological polar surface area (TPSA) is 55.1 Å². The molecular weight excluding hydrogens is 236 g/mol. The van der Waals surface area contributed by atoms with E-state index >= 15 is 0 Å². The second-order valence-corrected chi connectivity index (χ2v) is 4.84. The van der Waals surface area contributed by atoms with Gasteiger partial charge in [0.15, 0.2) is 0 Å². The van der Waals surface area contributed by atoms with Gasteiger partial charge in [-0.05, 0) is 53.8 Å². The van der Waals surface area contributed by atoms with Crippen LogP contribution in [0.1, 0.15) is 22.3 Å². The molecule has 0 saturated heterocycles. The van der Waals surface area contributed by atoms with Crippen LogP contribution >= 0.6 is 0 Å². The van der Waals surface area contributed by atoms with E-state index in [1.165, 1.54) is 23.2 Å². The van der Waals surface area contributed by atoms with Gasteiger partial charge in [-0.2, -0.15) is 0 Å². The smallest absolute Gasteiger partial charge is 0.248 e. The zero-order valence-corrected chi connectivity index (χ0v) is 10.6. The quantitative estimate of drug-likeness (QED) is 0.863. The molecule has 96 valence electrons. The molecule has 0 unspecified atom stereocenters. The molecule has 0 bridgehead atoms. The third-order valence-corrected chi connectivity index (χ3v) is 3.55. The number of nitrogens with two attached hydrogens (primary N) is 1. The van der Waals surface area contributed by atoms with Gasteiger partial charge in [-0.25, -0.2) is 0 Å². The lowest BCUT2D eigenvalue weighted by molar-refractivity contribution is 0.100. The summed E-state index contributed by atoms with van der Waals surface area (Å²) in [5, 5.41) is 3.40. The number of rotatable bonds is 2. The Morgan fingerprint density at radius 3 is 2.53 bits per heavy atom. The average Bonchev–Trinajstić information content (AvgIpc) is 2.47. The van der Waals surface area contributed by atoms with Crippen molar-refractivity contribution in [2.24, 2.45) is 5.73 Å². The van der Waals surface area contributed by atoms with Gasteiger partial charge in [-0.1, -0.05) is 18.2 Å². The fraction of sp³-hybridized carbons (Fsp3) is 0.188. The van der Waals surface area contributed by atoms with Crippen LogP contribution in [0, 0.1) is 0 Å². The fourth-order valence-corrected chi connectivity index (χ4v) is 2.48. The molecule has 1 heterocycles. The highest BCUT2D eigenvalue weighted by molar-refractivity contribution is 5.93. The number of benzene rings is 2. The molecule has 0 atom stereocenters. The van der Waals surface area contributed by atoms with Crippen molar-refractivity contribution >= 4 is 11.6 Å². The predicted molar refractivity (Wildman–Crippen MR) is 77.2 cm³/mol. The molecule has 1 aliphatic heterocycles. The van der Waals surface area contributed by atoms with E-state index in [0.29, 0.717) is 5.56 Å². The number of fused-ring (bicyclic) bond motifs is 1. The van der Waals surface area contributed by atoms with E-state index in [1.54, 1.807) is 12.1 Å². The van der Waals surface area contributed by atoms with E-state index in [1.807, 2.05) is 12.1 Å². The number of nitrogens with one attached hydrogen (secondary N) is 1. The standard InChI is InChI=1S/C16H16N2O/c17-16(19)12-5-3-11(4-6-12)13-7-8-15-14(10-13)2-1-9-18-15/h3-8,10,18H,1-2,9H2,(H2,17,19). The first-order valence-electron chi connectivity index (χ1n) is 6.51. The zero-order chi connectivity index (χ0) is 13.2. The van der Waals surface area contributed by atoms with Crippen molar-refractivity contribution in [3.63, 3.8) is 0 Å². The molecule has 3 heteroatoms. The van der Waals surface area contributed by atoms with Crippen LogP contribution in [0.25, 0.3) is 11.1 Å². The van der Waals surface area contributed by atoms with E-state index in [2.05, 4.69) is 23.5 Å². The number of amides is 1. The number of aryl methyl sites for hydroxylation is 1. The molecule has 2 aromatic rings. The van der Waals surface area contributed by atoms with Crippen LogP contribution in [0.4, 0.5) is 5.69 Å². The molecule has 19 heavy (non-hydrogen) atoms. The minimum atomic E-state index is -0.388. The summed E-state index contributed by atoms with van der Waals surface area (Å²) in [5.74, 6) is -0.388. The minimum absolute atomic E-state index is 0.388. The van der Waals surface area contributed by atoms with Crippen molar-refractivity contribution in [3.05, 3.63) is 53.6 Å². The van der Waals surface area contributed by atoms with Crippen LogP contribution < -0.4 is 11.1 Å². The molecule has 1 aliphatic rings. The number of hydrogen-bond acceptors (Lipinski definition) is 2. The van der Waals surface area contributed by atoms with Crippen LogP contribution in [0.3, 0.4) is 0 Å². The van der Waals surface area contributed by atoms with Gasteiger partial charge in [0, 0.05) is 17.8 Å². The fourth-order valence-electron chi connectivity index (χ4n) is 2.48. The maximum absolute atomic E-state index is 11.1. The highest BCUT2D eigenvalue weighted by Crippen LogP contribution is 2.28. The first-order valence-corrected chi connectivity index (χ1v) is 6.51. The summed E-state index contributed by atoms with van der Waals surface area (Å²) in [6.45, 7) is 1.06. The third-order valence-electron chi connectivity index (χ3n) is 3.55. The largest absolute Gasteiger partial charge is 0.385 e. The summed E-state index contributed by atoms with van der Waals surface area (Å²) < 4.78 is 0. The Hall–Kier alpha value is -2.29. The zero-order valence-electron chi connectivity index (χ0n) is 10.6. The molecule has 3 nitrogen and oxygen atoms in total. The second kappa shape index (κ2) is 4.76. The highest BCUT2D eigenvalue weighted by Gasteiger charge is 2.09. The molecule has 0 fully saturated rings. The Kier molecular flexibility index (Phi) is 2.95. The number of carbonyl (C=O) groups is 1. The average molecular weight is 252 g/mol. The highest BCUT2D eigenvalue weighted by atomic mass is 16.1. The van der Waals surface area contributed by atoms with E-state index in [4.69, 9.17) is 5.73 Å². The van der Waals surface area contributed by atoms with Gasteiger partial charge >= 0.3 is 0 Å². The van der Waals surface area contributed by atoms with E-state index in [9.17, 15) is 4.79 Å². The predicted octanol–water partition coefficient (Wildman–Crippen LogP) is 2.81. The van der Waals surface area contributed by atoms with Crippen molar-refractivity contribution in [2.75, 3.05) is 11.9 Å². The lowest BCUT2D eigenvalue weighted by atomic mass is 9.97. The number of primary amides is 1. The van der Waals surface area contributed by atoms with Crippen LogP contribution in [-0.4, -0.2) is 12.5 Å². The van der Waals surface area contributed by atoms with Crippen LogP contribution in [0.15, 0.2) is 42.5 Å². The second-order valence-electron chi connectivity index (χ2n) is 4.84. The van der Waals surface area contributed by atoms with Gasteiger partial charge in [-0.15, -0.1) is 0 Å². The molecule has 0 radical (unpaired) electrons. The molecule has 3 N–H and O–H groups in total. The van der Waals surface area contributed by atoms with E-state index in [0.717, 1.165) is 18.5 Å². The summed E-state index contributed by atoms with van der Waals surface area (Å²) in [5.41, 5.74) is 10.7. The van der Waals surface area contributed by atoms with Crippen molar-refractivity contribution in [3.8, 4) is 11.1 Å². The van der Waals surface area contributed by atoms with Crippen molar-refractivity contribution in [1.29, 1.82) is 0 Å². The number of anilines is 1. The van der Waals surface area contributed by atoms with Gasteiger partial charge in [0.25, 0.3) is 0 Å². The summed E-state index contributed by atoms with van der Waals surface area (Å²) >= 11 is 0. The van der Waals surface area contributed by atoms with Gasteiger partial charge in [0.05, 0.1) is 0 Å². The Balaban J connectivity index is 1.95. The van der Waals surface area contributed by atoms with Crippen LogP contribution in [0.5, 0.6) is 0 Å². The minimum Gasteiger partial charge on any atom is -0.385 e. The van der Waals surface area contributed by atoms with Crippen molar-refractivity contribution in [1.82, 2.24) is 0 Å². The third kappa shape index (κ3) is 2.32. The summed E-state index contributed by atoms with van der Waals surface area (Å²) in [7, 11) is 0. The first-order chi connectivity index (χ1) is 9.24. The maximum atomic E-state index is 11.1. The van der Waals surface area contributed by atoms with Gasteiger partial charge in [0.2, 0.25) is 5.91 Å². The molecule has 2 aromatic carbocycles. The molecule has 1 amide bonds. The summed E-state index contributed by atoms with van der Waals surface area (Å²) in [6, 6.07) is 13.9. The monoisotopic (exact) mass is 252 g/mol. The van der Waals surface area contributed by atoms with E-state index < -0.39 is 0 Å². The number of hydrogen-bond donors (Lipinski definition) is 2. The molecular formula is C16H16N2O. The van der Waals surface area contributed by atoms with Crippen LogP contribution in [0.2, 0.25) is 0 Å². The molecule has 0 aliphatic carbocycles. The van der Waals surface area contributed by atoms with Crippen LogP contribution in [-0.2, 0) is 6.42 Å². The van der Waals surface area contributed by atoms with Gasteiger partial charge < -0.3 is 11.1 Å². The van der Waals surface area contributed by atoms with Crippen molar-refractivity contribution in [2.45, 2.75) is 12.8 Å². The van der Waals surface area contributed by atoms with Crippen molar-refractivity contribution < 1.29 is 4.79 Å². The molecule has 0 spiro atoms. The molecule has 0 aromatic heterocycles. The Bertz CT molecular complexity index is 617. The summed E-state index contributed by atoms with van der Waals surface area (Å²) in [6.07, 6.45) is 2.30. The first kappa shape index (κ1) is 11.8. The van der Waals surface area contributed by atoms with E-state index in [-0.39, 0.29) is 5.91 Å². The number of carbonyl (C=O) groups excluding carboxylic acids is 1. The van der Waals surface area contributed by atoms with Gasteiger partial charge in [-0.3, -0.25) is 4.79 Å².